The molecule has 1 fully saturated rings. The first kappa shape index (κ1) is 9.96. The first-order valence-corrected chi connectivity index (χ1v) is 4.54. The van der Waals surface area contributed by atoms with Crippen LogP contribution in [-0.4, -0.2) is 48.0 Å². The van der Waals surface area contributed by atoms with E-state index in [0.717, 1.165) is 26.2 Å². The van der Waals surface area contributed by atoms with Gasteiger partial charge in [0.05, 0.1) is 18.3 Å². The highest BCUT2D eigenvalue weighted by atomic mass is 16.5. The molecule has 3 heteroatoms. The van der Waals surface area contributed by atoms with Crippen molar-refractivity contribution in [2.75, 3.05) is 26.2 Å². The second-order valence-electron chi connectivity index (χ2n) is 4.19. The molecule has 72 valence electrons. The fraction of sp³-hybridized carbons (Fsp3) is 1.00. The maximum atomic E-state index is 9.19. The van der Waals surface area contributed by atoms with Crippen LogP contribution in [0.4, 0.5) is 0 Å². The van der Waals surface area contributed by atoms with E-state index in [1.54, 1.807) is 0 Å². The van der Waals surface area contributed by atoms with E-state index in [9.17, 15) is 5.11 Å². The van der Waals surface area contributed by atoms with Gasteiger partial charge in [0.15, 0.2) is 0 Å². The zero-order valence-corrected chi connectivity index (χ0v) is 8.21. The van der Waals surface area contributed by atoms with Crippen LogP contribution in [0.2, 0.25) is 0 Å². The highest BCUT2D eigenvalue weighted by Gasteiger charge is 2.27. The summed E-state index contributed by atoms with van der Waals surface area (Å²) in [6.45, 7) is 9.38. The average Bonchev–Trinajstić information content (AvgIpc) is 1.82. The molecule has 1 heterocycles. The van der Waals surface area contributed by atoms with E-state index in [-0.39, 0.29) is 11.7 Å². The van der Waals surface area contributed by atoms with Crippen LogP contribution in [-0.2, 0) is 4.74 Å². The van der Waals surface area contributed by atoms with Crippen molar-refractivity contribution in [1.29, 1.82) is 0 Å². The summed E-state index contributed by atoms with van der Waals surface area (Å²) in [4.78, 5) is 2.24. The molecule has 0 spiro atoms. The number of ether oxygens (including phenoxy) is 1. The maximum Gasteiger partial charge on any atom is 0.0753 e. The van der Waals surface area contributed by atoms with Crippen LogP contribution in [0, 0.1) is 0 Å². The van der Waals surface area contributed by atoms with E-state index >= 15 is 0 Å². The Morgan fingerprint density at radius 3 is 2.75 bits per heavy atom. The summed E-state index contributed by atoms with van der Waals surface area (Å²) < 4.78 is 5.55. The molecule has 0 amide bonds. The highest BCUT2D eigenvalue weighted by Crippen LogP contribution is 2.16. The molecule has 1 aliphatic rings. The second-order valence-corrected chi connectivity index (χ2v) is 4.19. The molecule has 0 aliphatic carbocycles. The molecule has 12 heavy (non-hydrogen) atoms. The quantitative estimate of drug-likeness (QED) is 0.659. The number of morpholine rings is 1. The summed E-state index contributed by atoms with van der Waals surface area (Å²) in [5, 5.41) is 9.19. The van der Waals surface area contributed by atoms with Crippen molar-refractivity contribution in [2.24, 2.45) is 0 Å². The Bertz CT molecular complexity index is 145. The fourth-order valence-corrected chi connectivity index (χ4v) is 1.64. The lowest BCUT2D eigenvalue weighted by Crippen LogP contribution is -2.50. The van der Waals surface area contributed by atoms with Crippen molar-refractivity contribution >= 4 is 0 Å². The maximum absolute atomic E-state index is 9.19. The van der Waals surface area contributed by atoms with Crippen LogP contribution < -0.4 is 0 Å². The van der Waals surface area contributed by atoms with Gasteiger partial charge in [0.2, 0.25) is 0 Å². The molecule has 1 rings (SSSR count). The predicted molar refractivity (Wildman–Crippen MR) is 48.2 cm³/mol. The SMILES string of the molecule is C[C@@H](O)CN1CCOC(C)(C)C1. The number of aliphatic hydroxyl groups is 1. The van der Waals surface area contributed by atoms with Crippen molar-refractivity contribution in [3.8, 4) is 0 Å². The summed E-state index contributed by atoms with van der Waals surface area (Å²) in [7, 11) is 0. The molecule has 1 saturated heterocycles. The summed E-state index contributed by atoms with van der Waals surface area (Å²) in [5.41, 5.74) is -0.0485. The second kappa shape index (κ2) is 3.73. The Balaban J connectivity index is 2.36. The van der Waals surface area contributed by atoms with Crippen LogP contribution in [0.15, 0.2) is 0 Å². The van der Waals surface area contributed by atoms with Gasteiger partial charge in [-0.15, -0.1) is 0 Å². The van der Waals surface area contributed by atoms with Gasteiger partial charge in [0.25, 0.3) is 0 Å². The Hall–Kier alpha value is -0.120. The van der Waals surface area contributed by atoms with E-state index in [4.69, 9.17) is 4.74 Å². The van der Waals surface area contributed by atoms with Gasteiger partial charge in [-0.1, -0.05) is 0 Å². The lowest BCUT2D eigenvalue weighted by Gasteiger charge is -2.38. The smallest absolute Gasteiger partial charge is 0.0753 e. The topological polar surface area (TPSA) is 32.7 Å². The lowest BCUT2D eigenvalue weighted by atomic mass is 10.1. The average molecular weight is 173 g/mol. The Morgan fingerprint density at radius 1 is 1.58 bits per heavy atom. The summed E-state index contributed by atoms with van der Waals surface area (Å²) >= 11 is 0. The molecule has 3 nitrogen and oxygen atoms in total. The number of hydrogen-bond acceptors (Lipinski definition) is 3. The first-order valence-electron chi connectivity index (χ1n) is 4.54. The Kier molecular flexibility index (Phi) is 3.09. The van der Waals surface area contributed by atoms with E-state index in [1.165, 1.54) is 0 Å². The van der Waals surface area contributed by atoms with Crippen molar-refractivity contribution in [3.63, 3.8) is 0 Å². The summed E-state index contributed by atoms with van der Waals surface area (Å²) in [6.07, 6.45) is -0.237. The van der Waals surface area contributed by atoms with Crippen LogP contribution >= 0.6 is 0 Å². The van der Waals surface area contributed by atoms with Crippen LogP contribution in [0.25, 0.3) is 0 Å². The third-order valence-corrected chi connectivity index (χ3v) is 2.03. The third kappa shape index (κ3) is 3.09. The number of β-amino-alcohol motifs (C(OH)–C–C–N with tert-alkyl or cyclic N) is 1. The van der Waals surface area contributed by atoms with Gasteiger partial charge in [-0.2, -0.15) is 0 Å². The Morgan fingerprint density at radius 2 is 2.25 bits per heavy atom. The Labute approximate surface area is 74.3 Å². The molecule has 0 radical (unpaired) electrons. The lowest BCUT2D eigenvalue weighted by molar-refractivity contribution is -0.0920. The minimum absolute atomic E-state index is 0.0485. The number of nitrogens with zero attached hydrogens (tertiary/aromatic N) is 1. The molecule has 1 N–H and O–H groups in total. The van der Waals surface area contributed by atoms with Gasteiger partial charge in [-0.05, 0) is 20.8 Å². The molecule has 0 aromatic heterocycles. The number of aliphatic hydroxyl groups excluding tert-OH is 1. The van der Waals surface area contributed by atoms with Crippen molar-refractivity contribution < 1.29 is 9.84 Å². The van der Waals surface area contributed by atoms with Crippen LogP contribution in [0.1, 0.15) is 20.8 Å². The van der Waals surface area contributed by atoms with E-state index < -0.39 is 0 Å². The molecular formula is C9H19NO2. The fourth-order valence-electron chi connectivity index (χ4n) is 1.64. The zero-order chi connectivity index (χ0) is 9.19. The van der Waals surface area contributed by atoms with Crippen molar-refractivity contribution in [1.82, 2.24) is 4.90 Å². The first-order chi connectivity index (χ1) is 5.49. The normalized spacial score (nSPS) is 27.0. The molecule has 1 atom stereocenters. The van der Waals surface area contributed by atoms with Crippen LogP contribution in [0.3, 0.4) is 0 Å². The summed E-state index contributed by atoms with van der Waals surface area (Å²) in [5.74, 6) is 0. The highest BCUT2D eigenvalue weighted by molar-refractivity contribution is 4.79. The van der Waals surface area contributed by atoms with Crippen molar-refractivity contribution in [3.05, 3.63) is 0 Å². The van der Waals surface area contributed by atoms with E-state index in [0.29, 0.717) is 0 Å². The van der Waals surface area contributed by atoms with E-state index in [2.05, 4.69) is 18.7 Å². The third-order valence-electron chi connectivity index (χ3n) is 2.03. The van der Waals surface area contributed by atoms with Gasteiger partial charge in [0.1, 0.15) is 0 Å². The van der Waals surface area contributed by atoms with Crippen molar-refractivity contribution in [2.45, 2.75) is 32.5 Å². The predicted octanol–water partition coefficient (Wildman–Crippen LogP) is 0.478. The van der Waals surface area contributed by atoms with Gasteiger partial charge >= 0.3 is 0 Å². The molecule has 1 aliphatic heterocycles. The minimum Gasteiger partial charge on any atom is -0.392 e. The minimum atomic E-state index is -0.237. The van der Waals surface area contributed by atoms with Gasteiger partial charge in [-0.25, -0.2) is 0 Å². The molecule has 0 saturated carbocycles. The zero-order valence-electron chi connectivity index (χ0n) is 8.21. The molecule has 0 aromatic carbocycles. The van der Waals surface area contributed by atoms with E-state index in [1.807, 2.05) is 6.92 Å². The molecule has 0 aromatic rings. The molecule has 0 bridgehead atoms. The monoisotopic (exact) mass is 173 g/mol. The number of hydrogen-bond donors (Lipinski definition) is 1. The number of rotatable bonds is 2. The largest absolute Gasteiger partial charge is 0.392 e. The van der Waals surface area contributed by atoms with Gasteiger partial charge < -0.3 is 9.84 Å². The molecule has 0 unspecified atom stereocenters. The van der Waals surface area contributed by atoms with Gasteiger partial charge in [0, 0.05) is 19.6 Å². The van der Waals surface area contributed by atoms with Crippen LogP contribution in [0.5, 0.6) is 0 Å². The molecular weight excluding hydrogens is 154 g/mol. The standard InChI is InChI=1S/C9H19NO2/c1-8(11)6-10-4-5-12-9(2,3)7-10/h8,11H,4-7H2,1-3H3/t8-/m1/s1. The van der Waals surface area contributed by atoms with Gasteiger partial charge in [-0.3, -0.25) is 4.90 Å². The summed E-state index contributed by atoms with van der Waals surface area (Å²) in [6, 6.07) is 0.